The van der Waals surface area contributed by atoms with Crippen molar-refractivity contribution in [3.63, 3.8) is 0 Å². The summed E-state index contributed by atoms with van der Waals surface area (Å²) in [5.74, 6) is -0.236. The number of nitrogens with zero attached hydrogens (tertiary/aromatic N) is 6. The molecule has 4 atom stereocenters. The van der Waals surface area contributed by atoms with Gasteiger partial charge in [-0.05, 0) is 6.07 Å². The number of aliphatic hydroxyl groups excluding tert-OH is 3. The van der Waals surface area contributed by atoms with Crippen LogP contribution in [0.15, 0.2) is 18.6 Å². The highest BCUT2D eigenvalue weighted by atomic mass is 16.6. The molecule has 4 heterocycles. The van der Waals surface area contributed by atoms with Crippen molar-refractivity contribution in [3.8, 4) is 5.95 Å². The Bertz CT molecular complexity index is 1030. The molecule has 3 aromatic rings. The molecule has 0 bridgehead atoms. The molecule has 3 aromatic heterocycles. The van der Waals surface area contributed by atoms with Crippen LogP contribution in [0.4, 0.5) is 5.82 Å². The number of aliphatic hydroxyl groups is 3. The number of imidazole rings is 1. The van der Waals surface area contributed by atoms with Crippen LogP contribution in [-0.2, 0) is 4.74 Å². The lowest BCUT2D eigenvalue weighted by Gasteiger charge is -2.16. The Labute approximate surface area is 157 Å². The third-order valence-corrected chi connectivity index (χ3v) is 4.48. The van der Waals surface area contributed by atoms with Gasteiger partial charge in [0.15, 0.2) is 23.4 Å². The molecular weight excluding hydrogens is 372 g/mol. The van der Waals surface area contributed by atoms with Crippen LogP contribution < -0.4 is 11.1 Å². The van der Waals surface area contributed by atoms with Crippen molar-refractivity contribution < 1.29 is 24.9 Å². The van der Waals surface area contributed by atoms with E-state index in [1.54, 1.807) is 0 Å². The Balaban J connectivity index is 1.77. The van der Waals surface area contributed by atoms with Gasteiger partial charge in [-0.3, -0.25) is 9.36 Å². The van der Waals surface area contributed by atoms with E-state index >= 15 is 0 Å². The number of carbonyl (C=O) groups excluding carboxylic acids is 1. The Morgan fingerprint density at radius 1 is 1.36 bits per heavy atom. The molecule has 13 nitrogen and oxygen atoms in total. The maximum Gasteiger partial charge on any atom is 0.271 e. The van der Waals surface area contributed by atoms with Gasteiger partial charge in [0, 0.05) is 13.2 Å². The average molecular weight is 390 g/mol. The van der Waals surface area contributed by atoms with Gasteiger partial charge in [0.2, 0.25) is 0 Å². The molecule has 1 amide bonds. The first-order chi connectivity index (χ1) is 13.4. The van der Waals surface area contributed by atoms with Crippen LogP contribution in [0.25, 0.3) is 17.1 Å². The minimum absolute atomic E-state index is 0.0579. The predicted octanol–water partition coefficient (Wildman–Crippen LogP) is -2.43. The highest BCUT2D eigenvalue weighted by molar-refractivity contribution is 5.91. The highest BCUT2D eigenvalue weighted by Gasteiger charge is 2.44. The number of amides is 1. The quantitative estimate of drug-likeness (QED) is 0.320. The summed E-state index contributed by atoms with van der Waals surface area (Å²) in [5, 5.41) is 36.1. The summed E-state index contributed by atoms with van der Waals surface area (Å²) in [4.78, 5) is 24.3. The van der Waals surface area contributed by atoms with Crippen molar-refractivity contribution in [3.05, 3.63) is 24.3 Å². The van der Waals surface area contributed by atoms with Crippen molar-refractivity contribution in [2.45, 2.75) is 24.5 Å². The molecule has 4 rings (SSSR count). The molecule has 13 heteroatoms. The maximum atomic E-state index is 11.7. The number of nitrogens with two attached hydrogens (primary N) is 1. The molecule has 1 saturated heterocycles. The number of rotatable bonds is 4. The summed E-state index contributed by atoms with van der Waals surface area (Å²) >= 11 is 0. The van der Waals surface area contributed by atoms with Gasteiger partial charge in [-0.25, -0.2) is 9.67 Å². The van der Waals surface area contributed by atoms with Crippen molar-refractivity contribution in [1.82, 2.24) is 34.6 Å². The van der Waals surface area contributed by atoms with Gasteiger partial charge in [-0.15, -0.1) is 0 Å². The normalized spacial score (nSPS) is 24.7. The summed E-state index contributed by atoms with van der Waals surface area (Å²) < 4.78 is 8.18. The van der Waals surface area contributed by atoms with E-state index in [2.05, 4.69) is 25.4 Å². The van der Waals surface area contributed by atoms with Gasteiger partial charge in [0.1, 0.15) is 23.8 Å². The van der Waals surface area contributed by atoms with Crippen molar-refractivity contribution in [2.75, 3.05) is 19.4 Å². The molecule has 0 radical (unpaired) electrons. The van der Waals surface area contributed by atoms with E-state index in [1.165, 1.54) is 34.9 Å². The smallest absolute Gasteiger partial charge is 0.271 e. The van der Waals surface area contributed by atoms with Crippen LogP contribution in [0.5, 0.6) is 0 Å². The van der Waals surface area contributed by atoms with Crippen LogP contribution >= 0.6 is 0 Å². The lowest BCUT2D eigenvalue weighted by molar-refractivity contribution is -0.0511. The third-order valence-electron chi connectivity index (χ3n) is 4.48. The number of hydrogen-bond donors (Lipinski definition) is 5. The fourth-order valence-corrected chi connectivity index (χ4v) is 3.01. The van der Waals surface area contributed by atoms with Gasteiger partial charge in [-0.1, -0.05) is 0 Å². The van der Waals surface area contributed by atoms with E-state index in [1.807, 2.05) is 0 Å². The Morgan fingerprint density at radius 2 is 2.14 bits per heavy atom. The first-order valence-electron chi connectivity index (χ1n) is 8.35. The minimum atomic E-state index is -1.31. The molecule has 1 aliphatic heterocycles. The molecule has 0 spiro atoms. The second-order valence-corrected chi connectivity index (χ2v) is 6.19. The fourth-order valence-electron chi connectivity index (χ4n) is 3.01. The second-order valence-electron chi connectivity index (χ2n) is 6.19. The molecular formula is C15H18N8O5. The molecule has 0 aliphatic carbocycles. The van der Waals surface area contributed by atoms with Crippen LogP contribution in [0.3, 0.4) is 0 Å². The molecule has 0 saturated carbocycles. The van der Waals surface area contributed by atoms with Crippen LogP contribution in [0.1, 0.15) is 16.7 Å². The number of nitrogens with one attached hydrogen (secondary N) is 1. The zero-order chi connectivity index (χ0) is 20.0. The Hall–Kier alpha value is -3.13. The molecule has 1 aliphatic rings. The molecule has 0 unspecified atom stereocenters. The number of nitrogen functional groups attached to an aromatic ring is 1. The number of anilines is 1. The largest absolute Gasteiger partial charge is 0.394 e. The lowest BCUT2D eigenvalue weighted by Crippen LogP contribution is -2.33. The zero-order valence-electron chi connectivity index (χ0n) is 14.7. The molecule has 6 N–H and O–H groups in total. The van der Waals surface area contributed by atoms with Crippen LogP contribution in [-0.4, -0.2) is 82.5 Å². The molecule has 28 heavy (non-hydrogen) atoms. The second kappa shape index (κ2) is 6.79. The van der Waals surface area contributed by atoms with E-state index < -0.39 is 31.1 Å². The van der Waals surface area contributed by atoms with Gasteiger partial charge < -0.3 is 31.1 Å². The SMILES string of the molecule is CNC(=O)c1ccn(-c2nc(N)c3ncn([C@@H]4O[C@H](CO)[C@@H](O)[C@H]4O)c3n2)n1. The molecule has 0 aromatic carbocycles. The fraction of sp³-hybridized carbons (Fsp3) is 0.400. The van der Waals surface area contributed by atoms with Gasteiger partial charge in [0.25, 0.3) is 11.9 Å². The number of ether oxygens (including phenoxy) is 1. The first-order valence-corrected chi connectivity index (χ1v) is 8.35. The summed E-state index contributed by atoms with van der Waals surface area (Å²) in [6, 6.07) is 1.49. The van der Waals surface area contributed by atoms with Crippen LogP contribution in [0, 0.1) is 0 Å². The monoisotopic (exact) mass is 390 g/mol. The zero-order valence-corrected chi connectivity index (χ0v) is 14.7. The molecule has 1 fully saturated rings. The van der Waals surface area contributed by atoms with E-state index in [4.69, 9.17) is 10.5 Å². The van der Waals surface area contributed by atoms with Gasteiger partial charge in [-0.2, -0.15) is 15.1 Å². The van der Waals surface area contributed by atoms with Crippen molar-refractivity contribution in [2.24, 2.45) is 0 Å². The minimum Gasteiger partial charge on any atom is -0.394 e. The number of carbonyl (C=O) groups is 1. The van der Waals surface area contributed by atoms with E-state index in [9.17, 15) is 20.1 Å². The topological polar surface area (TPSA) is 186 Å². The van der Waals surface area contributed by atoms with Crippen molar-refractivity contribution in [1.29, 1.82) is 0 Å². The number of fused-ring (bicyclic) bond motifs is 1. The Morgan fingerprint density at radius 3 is 2.82 bits per heavy atom. The van der Waals surface area contributed by atoms with E-state index in [-0.39, 0.29) is 34.5 Å². The summed E-state index contributed by atoms with van der Waals surface area (Å²) in [6.45, 7) is -0.459. The van der Waals surface area contributed by atoms with E-state index in [0.29, 0.717) is 0 Å². The summed E-state index contributed by atoms with van der Waals surface area (Å²) in [5.41, 5.74) is 6.64. The van der Waals surface area contributed by atoms with Crippen molar-refractivity contribution >= 4 is 22.9 Å². The maximum absolute atomic E-state index is 11.7. The van der Waals surface area contributed by atoms with Gasteiger partial charge >= 0.3 is 0 Å². The number of aromatic nitrogens is 6. The first kappa shape index (κ1) is 18.2. The van der Waals surface area contributed by atoms with E-state index in [0.717, 1.165) is 0 Å². The van der Waals surface area contributed by atoms with Gasteiger partial charge in [0.05, 0.1) is 12.9 Å². The lowest BCUT2D eigenvalue weighted by atomic mass is 10.1. The standard InChI is InChI=1S/C15H18N8O5/c1-17-13(27)6-2-3-23(21-6)15-19-11(16)8-12(20-15)22(5-18-8)14-10(26)9(25)7(4-24)28-14/h2-3,5,7,9-10,14,24-26H,4H2,1H3,(H,17,27)(H2,16,19,20)/t7-,9-,10-,14-/m1/s1. The summed E-state index contributed by atoms with van der Waals surface area (Å²) in [7, 11) is 1.49. The average Bonchev–Trinajstić information content (AvgIpc) is 3.40. The number of hydrogen-bond acceptors (Lipinski definition) is 10. The Kier molecular flexibility index (Phi) is 4.43. The predicted molar refractivity (Wildman–Crippen MR) is 93.3 cm³/mol. The van der Waals surface area contributed by atoms with Crippen LogP contribution in [0.2, 0.25) is 0 Å². The highest BCUT2D eigenvalue weighted by Crippen LogP contribution is 2.32. The summed E-state index contributed by atoms with van der Waals surface area (Å²) in [6.07, 6.45) is -1.71. The third kappa shape index (κ3) is 2.77. The molecule has 148 valence electrons.